The Labute approximate surface area is 146 Å². The van der Waals surface area contributed by atoms with Crippen molar-refractivity contribution >= 4 is 17.4 Å². The van der Waals surface area contributed by atoms with E-state index in [-0.39, 0.29) is 24.8 Å². The minimum atomic E-state index is -0.771. The van der Waals surface area contributed by atoms with E-state index in [0.29, 0.717) is 22.7 Å². The summed E-state index contributed by atoms with van der Waals surface area (Å²) < 4.78 is 7.18. The Morgan fingerprint density at radius 3 is 2.40 bits per heavy atom. The van der Waals surface area contributed by atoms with Crippen LogP contribution < -0.4 is 10.1 Å². The minimum Gasteiger partial charge on any atom is -0.491 e. The standard InChI is InChI=1S/C18H23N3O4/c1-11-18(13(3)22)12(2)21(20-11)9-16(24)10-25-17-7-5-15(6-8-17)19-14(4)23/h5-8,16,24H,9-10H2,1-4H3,(H,19,23)/t16-/m0/s1. The summed E-state index contributed by atoms with van der Waals surface area (Å²) in [6, 6.07) is 6.89. The van der Waals surface area contributed by atoms with Gasteiger partial charge in [-0.05, 0) is 45.0 Å². The molecule has 7 nitrogen and oxygen atoms in total. The molecule has 0 saturated carbocycles. The summed E-state index contributed by atoms with van der Waals surface area (Å²) in [5, 5.41) is 17.1. The van der Waals surface area contributed by atoms with Crippen molar-refractivity contribution in [3.05, 3.63) is 41.2 Å². The van der Waals surface area contributed by atoms with Crippen LogP contribution in [0.3, 0.4) is 0 Å². The van der Waals surface area contributed by atoms with Crippen LogP contribution in [0.1, 0.15) is 35.6 Å². The van der Waals surface area contributed by atoms with Crippen molar-refractivity contribution in [2.45, 2.75) is 40.3 Å². The quantitative estimate of drug-likeness (QED) is 0.750. The lowest BCUT2D eigenvalue weighted by molar-refractivity contribution is -0.114. The van der Waals surface area contributed by atoms with Crippen molar-refractivity contribution in [1.82, 2.24) is 9.78 Å². The number of aliphatic hydroxyl groups is 1. The highest BCUT2D eigenvalue weighted by Crippen LogP contribution is 2.17. The Balaban J connectivity index is 1.93. The number of hydrogen-bond donors (Lipinski definition) is 2. The van der Waals surface area contributed by atoms with Crippen LogP contribution in [0, 0.1) is 13.8 Å². The molecule has 1 aromatic carbocycles. The highest BCUT2D eigenvalue weighted by Gasteiger charge is 2.17. The first-order valence-electron chi connectivity index (χ1n) is 8.01. The highest BCUT2D eigenvalue weighted by atomic mass is 16.5. The predicted molar refractivity (Wildman–Crippen MR) is 94.0 cm³/mol. The fourth-order valence-corrected chi connectivity index (χ4v) is 2.67. The van der Waals surface area contributed by atoms with Crippen molar-refractivity contribution in [3.8, 4) is 5.75 Å². The fourth-order valence-electron chi connectivity index (χ4n) is 2.67. The summed E-state index contributed by atoms with van der Waals surface area (Å²) in [4.78, 5) is 22.6. The molecule has 134 valence electrons. The second-order valence-electron chi connectivity index (χ2n) is 5.95. The molecule has 0 bridgehead atoms. The Bertz CT molecular complexity index is 765. The fraction of sp³-hybridized carbons (Fsp3) is 0.389. The van der Waals surface area contributed by atoms with E-state index < -0.39 is 6.10 Å². The number of nitrogens with zero attached hydrogens (tertiary/aromatic N) is 2. The van der Waals surface area contributed by atoms with Gasteiger partial charge in [0.25, 0.3) is 0 Å². The van der Waals surface area contributed by atoms with Crippen LogP contribution in [0.2, 0.25) is 0 Å². The number of ether oxygens (including phenoxy) is 1. The number of nitrogens with one attached hydrogen (secondary N) is 1. The first-order valence-corrected chi connectivity index (χ1v) is 8.01. The number of aromatic nitrogens is 2. The molecule has 2 rings (SSSR count). The number of Topliss-reactive ketones (excluding diaryl/α,β-unsaturated/α-hetero) is 1. The van der Waals surface area contributed by atoms with Gasteiger partial charge in [-0.1, -0.05) is 0 Å². The summed E-state index contributed by atoms with van der Waals surface area (Å²) in [5.74, 6) is 0.413. The van der Waals surface area contributed by atoms with Gasteiger partial charge in [0, 0.05) is 18.3 Å². The zero-order valence-corrected chi connectivity index (χ0v) is 14.9. The lowest BCUT2D eigenvalue weighted by Gasteiger charge is -2.14. The van der Waals surface area contributed by atoms with Gasteiger partial charge in [-0.2, -0.15) is 5.10 Å². The van der Waals surface area contributed by atoms with Crippen LogP contribution in [-0.2, 0) is 11.3 Å². The third-order valence-corrected chi connectivity index (χ3v) is 3.73. The molecule has 0 saturated heterocycles. The molecule has 0 aliphatic rings. The topological polar surface area (TPSA) is 93.4 Å². The van der Waals surface area contributed by atoms with Crippen LogP contribution in [0.5, 0.6) is 5.75 Å². The van der Waals surface area contributed by atoms with Crippen LogP contribution >= 0.6 is 0 Å². The maximum absolute atomic E-state index is 11.6. The molecule has 0 radical (unpaired) electrons. The first kappa shape index (κ1) is 18.7. The van der Waals surface area contributed by atoms with Crippen molar-refractivity contribution in [3.63, 3.8) is 0 Å². The van der Waals surface area contributed by atoms with Crippen molar-refractivity contribution in [2.75, 3.05) is 11.9 Å². The summed E-state index contributed by atoms with van der Waals surface area (Å²) in [6.45, 7) is 6.87. The number of carbonyl (C=O) groups excluding carboxylic acids is 2. The van der Waals surface area contributed by atoms with Gasteiger partial charge < -0.3 is 15.2 Å². The molecular formula is C18H23N3O4. The average Bonchev–Trinajstić information content (AvgIpc) is 2.80. The van der Waals surface area contributed by atoms with Gasteiger partial charge in [-0.3, -0.25) is 14.3 Å². The zero-order valence-electron chi connectivity index (χ0n) is 14.9. The number of aryl methyl sites for hydroxylation is 1. The molecule has 1 atom stereocenters. The number of amides is 1. The maximum atomic E-state index is 11.6. The second kappa shape index (κ2) is 7.94. The first-order chi connectivity index (χ1) is 11.8. The molecule has 0 aliphatic carbocycles. The summed E-state index contributed by atoms with van der Waals surface area (Å²) in [7, 11) is 0. The number of rotatable bonds is 7. The number of aliphatic hydroxyl groups excluding tert-OH is 1. The molecule has 0 fully saturated rings. The summed E-state index contributed by atoms with van der Waals surface area (Å²) in [5.41, 5.74) is 2.68. The van der Waals surface area contributed by atoms with Gasteiger partial charge in [0.15, 0.2) is 5.78 Å². The smallest absolute Gasteiger partial charge is 0.221 e. The van der Waals surface area contributed by atoms with Gasteiger partial charge in [0.05, 0.1) is 17.8 Å². The average molecular weight is 345 g/mol. The molecule has 7 heteroatoms. The molecule has 1 amide bonds. The van der Waals surface area contributed by atoms with Gasteiger partial charge in [-0.25, -0.2) is 0 Å². The Kier molecular flexibility index (Phi) is 5.93. The predicted octanol–water partition coefficient (Wildman–Crippen LogP) is 2.10. The van der Waals surface area contributed by atoms with E-state index in [0.717, 1.165) is 5.69 Å². The molecule has 0 aliphatic heterocycles. The van der Waals surface area contributed by atoms with Crippen molar-refractivity contribution in [1.29, 1.82) is 0 Å². The van der Waals surface area contributed by atoms with E-state index in [9.17, 15) is 14.7 Å². The van der Waals surface area contributed by atoms with Crippen molar-refractivity contribution in [2.24, 2.45) is 0 Å². The van der Waals surface area contributed by atoms with E-state index in [1.54, 1.807) is 35.9 Å². The van der Waals surface area contributed by atoms with Gasteiger partial charge >= 0.3 is 0 Å². The minimum absolute atomic E-state index is 0.0359. The molecule has 1 aromatic heterocycles. The zero-order chi connectivity index (χ0) is 18.6. The highest BCUT2D eigenvalue weighted by molar-refractivity contribution is 5.96. The third-order valence-electron chi connectivity index (χ3n) is 3.73. The van der Waals surface area contributed by atoms with Gasteiger partial charge in [0.2, 0.25) is 5.91 Å². The van der Waals surface area contributed by atoms with Gasteiger partial charge in [-0.15, -0.1) is 0 Å². The SMILES string of the molecule is CC(=O)Nc1ccc(OC[C@@H](O)Cn2nc(C)c(C(C)=O)c2C)cc1. The van der Waals surface area contributed by atoms with E-state index in [2.05, 4.69) is 10.4 Å². The largest absolute Gasteiger partial charge is 0.491 e. The Morgan fingerprint density at radius 2 is 1.88 bits per heavy atom. The van der Waals surface area contributed by atoms with Crippen molar-refractivity contribution < 1.29 is 19.4 Å². The van der Waals surface area contributed by atoms with E-state index in [4.69, 9.17) is 4.74 Å². The number of carbonyl (C=O) groups is 2. The van der Waals surface area contributed by atoms with Crippen LogP contribution in [0.15, 0.2) is 24.3 Å². The molecular weight excluding hydrogens is 322 g/mol. The molecule has 0 unspecified atom stereocenters. The number of benzene rings is 1. The normalized spacial score (nSPS) is 11.9. The monoisotopic (exact) mass is 345 g/mol. The van der Waals surface area contributed by atoms with Gasteiger partial charge in [0.1, 0.15) is 18.5 Å². The summed E-state index contributed by atoms with van der Waals surface area (Å²) in [6.07, 6.45) is -0.771. The third kappa shape index (κ3) is 4.90. The molecule has 25 heavy (non-hydrogen) atoms. The number of hydrogen-bond acceptors (Lipinski definition) is 5. The second-order valence-corrected chi connectivity index (χ2v) is 5.95. The van der Waals surface area contributed by atoms with E-state index in [1.165, 1.54) is 13.8 Å². The summed E-state index contributed by atoms with van der Waals surface area (Å²) >= 11 is 0. The Hall–Kier alpha value is -2.67. The molecule has 2 aromatic rings. The van der Waals surface area contributed by atoms with Crippen LogP contribution in [-0.4, -0.2) is 39.3 Å². The van der Waals surface area contributed by atoms with E-state index >= 15 is 0 Å². The lowest BCUT2D eigenvalue weighted by atomic mass is 10.1. The number of ketones is 1. The molecule has 1 heterocycles. The van der Waals surface area contributed by atoms with Crippen LogP contribution in [0.25, 0.3) is 0 Å². The van der Waals surface area contributed by atoms with E-state index in [1.807, 2.05) is 6.92 Å². The maximum Gasteiger partial charge on any atom is 0.221 e. The molecule has 2 N–H and O–H groups in total. The number of anilines is 1. The van der Waals surface area contributed by atoms with Crippen LogP contribution in [0.4, 0.5) is 5.69 Å². The molecule has 0 spiro atoms. The lowest BCUT2D eigenvalue weighted by Crippen LogP contribution is -2.25. The Morgan fingerprint density at radius 1 is 1.24 bits per heavy atom.